The van der Waals surface area contributed by atoms with Gasteiger partial charge in [0.1, 0.15) is 0 Å². The highest BCUT2D eigenvalue weighted by molar-refractivity contribution is 6.06. The third-order valence-corrected chi connectivity index (χ3v) is 4.91. The highest BCUT2D eigenvalue weighted by atomic mass is 16.3. The van der Waals surface area contributed by atoms with Gasteiger partial charge in [0.25, 0.3) is 0 Å². The van der Waals surface area contributed by atoms with Gasteiger partial charge >= 0.3 is 0 Å². The Morgan fingerprint density at radius 2 is 1.76 bits per heavy atom. The lowest BCUT2D eigenvalue weighted by atomic mass is 9.73. The number of benzene rings is 1. The Bertz CT molecular complexity index is 534. The van der Waals surface area contributed by atoms with E-state index in [4.69, 9.17) is 0 Å². The number of rotatable bonds is 3. The predicted molar refractivity (Wildman–Crippen MR) is 78.3 cm³/mol. The van der Waals surface area contributed by atoms with Crippen molar-refractivity contribution in [2.75, 3.05) is 6.61 Å². The Hall–Kier alpha value is -1.68. The van der Waals surface area contributed by atoms with Crippen LogP contribution in [0.4, 0.5) is 0 Å². The minimum absolute atomic E-state index is 0.0740. The van der Waals surface area contributed by atoms with Crippen molar-refractivity contribution in [3.8, 4) is 0 Å². The Morgan fingerprint density at radius 3 is 2.38 bits per heavy atom. The minimum atomic E-state index is -0.549. The highest BCUT2D eigenvalue weighted by Crippen LogP contribution is 2.47. The van der Waals surface area contributed by atoms with Crippen LogP contribution in [0.5, 0.6) is 0 Å². The van der Waals surface area contributed by atoms with Gasteiger partial charge in [0, 0.05) is 6.42 Å². The summed E-state index contributed by atoms with van der Waals surface area (Å²) in [6.07, 6.45) is 5.10. The summed E-state index contributed by atoms with van der Waals surface area (Å²) in [5.74, 6) is -0.208. The van der Waals surface area contributed by atoms with Gasteiger partial charge in [-0.1, -0.05) is 49.6 Å². The molecule has 1 saturated carbocycles. The second-order valence-corrected chi connectivity index (χ2v) is 6.20. The molecule has 1 aliphatic heterocycles. The molecule has 3 rings (SSSR count). The molecule has 1 aliphatic carbocycles. The van der Waals surface area contributed by atoms with Crippen LogP contribution >= 0.6 is 0 Å². The van der Waals surface area contributed by atoms with Crippen molar-refractivity contribution in [3.05, 3.63) is 35.9 Å². The topological polar surface area (TPSA) is 57.6 Å². The molecular formula is C17H21NO3. The number of aliphatic hydroxyl groups is 1. The van der Waals surface area contributed by atoms with Crippen LogP contribution < -0.4 is 0 Å². The van der Waals surface area contributed by atoms with Crippen LogP contribution in [0, 0.1) is 5.41 Å². The number of nitrogens with zero attached hydrogens (tertiary/aromatic N) is 1. The zero-order valence-corrected chi connectivity index (χ0v) is 12.1. The summed E-state index contributed by atoms with van der Waals surface area (Å²) in [4.78, 5) is 26.6. The molecule has 21 heavy (non-hydrogen) atoms. The fourth-order valence-electron chi connectivity index (χ4n) is 3.76. The molecule has 1 saturated heterocycles. The molecule has 1 spiro atoms. The third kappa shape index (κ3) is 2.38. The average molecular weight is 287 g/mol. The average Bonchev–Trinajstić information content (AvgIpc) is 2.74. The molecule has 1 heterocycles. The maximum Gasteiger partial charge on any atom is 0.236 e. The normalized spacial score (nSPS) is 22.8. The monoisotopic (exact) mass is 287 g/mol. The molecule has 1 aromatic carbocycles. The molecule has 0 aromatic heterocycles. The zero-order chi connectivity index (χ0) is 14.9. The lowest BCUT2D eigenvalue weighted by molar-refractivity contribution is -0.146. The Labute approximate surface area is 124 Å². The first-order valence-electron chi connectivity index (χ1n) is 7.70. The van der Waals surface area contributed by atoms with Crippen LogP contribution in [-0.2, 0) is 9.59 Å². The summed E-state index contributed by atoms with van der Waals surface area (Å²) in [6.45, 7) is -0.225. The summed E-state index contributed by atoms with van der Waals surface area (Å²) >= 11 is 0. The van der Waals surface area contributed by atoms with Crippen molar-refractivity contribution >= 4 is 11.8 Å². The van der Waals surface area contributed by atoms with Crippen LogP contribution in [-0.4, -0.2) is 28.4 Å². The van der Waals surface area contributed by atoms with Gasteiger partial charge in [-0.2, -0.15) is 0 Å². The van der Waals surface area contributed by atoms with Gasteiger partial charge in [-0.25, -0.2) is 0 Å². The van der Waals surface area contributed by atoms with Gasteiger partial charge in [-0.05, 0) is 18.4 Å². The summed E-state index contributed by atoms with van der Waals surface area (Å²) < 4.78 is 0. The Kier molecular flexibility index (Phi) is 3.81. The second-order valence-electron chi connectivity index (χ2n) is 6.20. The molecular weight excluding hydrogens is 266 g/mol. The van der Waals surface area contributed by atoms with E-state index >= 15 is 0 Å². The maximum atomic E-state index is 12.9. The number of likely N-dealkylation sites (tertiary alicyclic amines) is 1. The van der Waals surface area contributed by atoms with E-state index in [0.29, 0.717) is 6.42 Å². The molecule has 0 radical (unpaired) electrons. The number of carbonyl (C=O) groups is 2. The molecule has 2 fully saturated rings. The van der Waals surface area contributed by atoms with Crippen molar-refractivity contribution in [1.82, 2.24) is 4.90 Å². The van der Waals surface area contributed by atoms with Crippen molar-refractivity contribution in [1.29, 1.82) is 0 Å². The van der Waals surface area contributed by atoms with E-state index in [9.17, 15) is 14.7 Å². The first kappa shape index (κ1) is 14.3. The number of imide groups is 1. The highest BCUT2D eigenvalue weighted by Gasteiger charge is 2.53. The lowest BCUT2D eigenvalue weighted by Crippen LogP contribution is -2.40. The van der Waals surface area contributed by atoms with Crippen LogP contribution in [0.3, 0.4) is 0 Å². The van der Waals surface area contributed by atoms with E-state index in [0.717, 1.165) is 37.7 Å². The first-order chi connectivity index (χ1) is 10.2. The summed E-state index contributed by atoms with van der Waals surface area (Å²) in [5.41, 5.74) is 0.326. The smallest absolute Gasteiger partial charge is 0.236 e. The van der Waals surface area contributed by atoms with Crippen molar-refractivity contribution in [2.45, 2.75) is 44.6 Å². The zero-order valence-electron chi connectivity index (χ0n) is 12.1. The lowest BCUT2D eigenvalue weighted by Gasteiger charge is -2.32. The molecule has 1 atom stereocenters. The number of hydrogen-bond donors (Lipinski definition) is 1. The molecule has 0 unspecified atom stereocenters. The van der Waals surface area contributed by atoms with Gasteiger partial charge in [0.15, 0.2) is 0 Å². The van der Waals surface area contributed by atoms with E-state index in [1.807, 2.05) is 30.3 Å². The molecule has 2 amide bonds. The molecule has 1 N–H and O–H groups in total. The van der Waals surface area contributed by atoms with E-state index in [2.05, 4.69) is 0 Å². The number of aliphatic hydroxyl groups excluding tert-OH is 1. The Balaban J connectivity index is 1.90. The summed E-state index contributed by atoms with van der Waals surface area (Å²) in [7, 11) is 0. The fraction of sp³-hybridized carbons (Fsp3) is 0.529. The fourth-order valence-corrected chi connectivity index (χ4v) is 3.76. The molecule has 0 bridgehead atoms. The first-order valence-corrected chi connectivity index (χ1v) is 7.70. The predicted octanol–water partition coefficient (Wildman–Crippen LogP) is 2.43. The standard InChI is InChI=1S/C17H21NO3/c19-12-14(13-7-3-1-4-8-13)18-15(20)11-17(16(18)21)9-5-2-6-10-17/h1,3-4,7-8,14,19H,2,5-6,9-12H2/t14-/m1/s1. The van der Waals surface area contributed by atoms with Crippen LogP contribution in [0.15, 0.2) is 30.3 Å². The quantitative estimate of drug-likeness (QED) is 0.869. The minimum Gasteiger partial charge on any atom is -0.394 e. The second kappa shape index (κ2) is 5.60. The Morgan fingerprint density at radius 1 is 1.10 bits per heavy atom. The van der Waals surface area contributed by atoms with Gasteiger partial charge in [-0.15, -0.1) is 0 Å². The van der Waals surface area contributed by atoms with E-state index in [1.165, 1.54) is 4.90 Å². The molecule has 112 valence electrons. The number of hydrogen-bond acceptors (Lipinski definition) is 3. The van der Waals surface area contributed by atoms with Crippen molar-refractivity contribution in [3.63, 3.8) is 0 Å². The van der Waals surface area contributed by atoms with Crippen LogP contribution in [0.25, 0.3) is 0 Å². The maximum absolute atomic E-state index is 12.9. The van der Waals surface area contributed by atoms with Gasteiger partial charge in [0.05, 0.1) is 18.1 Å². The van der Waals surface area contributed by atoms with Crippen molar-refractivity contribution in [2.24, 2.45) is 5.41 Å². The number of carbonyl (C=O) groups excluding carboxylic acids is 2. The van der Waals surface area contributed by atoms with Crippen molar-refractivity contribution < 1.29 is 14.7 Å². The molecule has 1 aromatic rings. The van der Waals surface area contributed by atoms with Gasteiger partial charge < -0.3 is 5.11 Å². The van der Waals surface area contributed by atoms with Gasteiger partial charge in [0.2, 0.25) is 11.8 Å². The van der Waals surface area contributed by atoms with E-state index in [1.54, 1.807) is 0 Å². The van der Waals surface area contributed by atoms with Crippen LogP contribution in [0.1, 0.15) is 50.1 Å². The van der Waals surface area contributed by atoms with Crippen LogP contribution in [0.2, 0.25) is 0 Å². The molecule has 4 heteroatoms. The summed E-state index contributed by atoms with van der Waals surface area (Å²) in [5, 5.41) is 9.72. The summed E-state index contributed by atoms with van der Waals surface area (Å²) in [6, 6.07) is 8.76. The SMILES string of the molecule is O=C1CC2(CCCCC2)C(=O)N1[C@H](CO)c1ccccc1. The van der Waals surface area contributed by atoms with E-state index < -0.39 is 11.5 Å². The third-order valence-electron chi connectivity index (χ3n) is 4.91. The van der Waals surface area contributed by atoms with Gasteiger partial charge in [-0.3, -0.25) is 14.5 Å². The number of amides is 2. The molecule has 4 nitrogen and oxygen atoms in total. The van der Waals surface area contributed by atoms with E-state index in [-0.39, 0.29) is 18.4 Å². The largest absolute Gasteiger partial charge is 0.394 e. The molecule has 2 aliphatic rings.